The summed E-state index contributed by atoms with van der Waals surface area (Å²) in [5, 5.41) is 0.308. The van der Waals surface area contributed by atoms with Crippen LogP contribution in [0, 0.1) is 0 Å². The van der Waals surface area contributed by atoms with Crippen molar-refractivity contribution in [2.45, 2.75) is 24.6 Å². The zero-order chi connectivity index (χ0) is 15.2. The number of alkyl halides is 3. The van der Waals surface area contributed by atoms with Crippen LogP contribution in [0.15, 0.2) is 36.4 Å². The Morgan fingerprint density at radius 3 is 2.41 bits per heavy atom. The highest BCUT2D eigenvalue weighted by molar-refractivity contribution is 6.30. The molecular formula is C15H13Cl2F3N2. The maximum atomic E-state index is 12.7. The SMILES string of the molecule is Cl.N[C@@H]1C[C@H]1c1ccc(-c2cccc(C(F)(F)F)c2)nc1Cl. The molecule has 1 aliphatic carbocycles. The first-order valence-corrected chi connectivity index (χ1v) is 6.83. The molecule has 0 unspecified atom stereocenters. The number of benzene rings is 1. The van der Waals surface area contributed by atoms with Gasteiger partial charge in [0.2, 0.25) is 0 Å². The lowest BCUT2D eigenvalue weighted by molar-refractivity contribution is -0.137. The first-order chi connectivity index (χ1) is 9.86. The molecule has 1 aliphatic rings. The van der Waals surface area contributed by atoms with Crippen molar-refractivity contribution in [3.05, 3.63) is 52.7 Å². The Hall–Kier alpha value is -1.30. The molecule has 2 N–H and O–H groups in total. The van der Waals surface area contributed by atoms with Crippen LogP contribution >= 0.6 is 24.0 Å². The summed E-state index contributed by atoms with van der Waals surface area (Å²) in [5.74, 6) is 0.209. The van der Waals surface area contributed by atoms with Crippen molar-refractivity contribution < 1.29 is 13.2 Å². The van der Waals surface area contributed by atoms with Gasteiger partial charge in [0.15, 0.2) is 0 Å². The number of hydrogen-bond acceptors (Lipinski definition) is 2. The van der Waals surface area contributed by atoms with Crippen molar-refractivity contribution in [1.29, 1.82) is 0 Å². The minimum Gasteiger partial charge on any atom is -0.327 e. The second kappa shape index (κ2) is 6.07. The Kier molecular flexibility index (Phi) is 4.70. The highest BCUT2D eigenvalue weighted by Gasteiger charge is 2.36. The van der Waals surface area contributed by atoms with Crippen LogP contribution in [0.2, 0.25) is 5.15 Å². The average Bonchev–Trinajstić information content (AvgIpc) is 3.14. The third-order valence-corrected chi connectivity index (χ3v) is 3.91. The summed E-state index contributed by atoms with van der Waals surface area (Å²) in [6, 6.07) is 8.62. The summed E-state index contributed by atoms with van der Waals surface area (Å²) in [5.41, 5.74) is 6.74. The molecule has 0 aliphatic heterocycles. The van der Waals surface area contributed by atoms with Crippen molar-refractivity contribution >= 4 is 24.0 Å². The van der Waals surface area contributed by atoms with Crippen LogP contribution in [0.25, 0.3) is 11.3 Å². The Morgan fingerprint density at radius 1 is 1.18 bits per heavy atom. The van der Waals surface area contributed by atoms with E-state index in [0.717, 1.165) is 24.1 Å². The predicted molar refractivity (Wildman–Crippen MR) is 82.3 cm³/mol. The maximum Gasteiger partial charge on any atom is 0.416 e. The molecule has 118 valence electrons. The van der Waals surface area contributed by atoms with Crippen molar-refractivity contribution in [2.24, 2.45) is 5.73 Å². The molecule has 0 spiro atoms. The summed E-state index contributed by atoms with van der Waals surface area (Å²) >= 11 is 6.12. The Balaban J connectivity index is 0.00000176. The normalized spacial score (nSPS) is 20.4. The fourth-order valence-corrected chi connectivity index (χ4v) is 2.60. The molecule has 22 heavy (non-hydrogen) atoms. The molecule has 2 aromatic rings. The summed E-state index contributed by atoms with van der Waals surface area (Å²) in [6.45, 7) is 0. The molecule has 3 rings (SSSR count). The smallest absolute Gasteiger partial charge is 0.327 e. The fraction of sp³-hybridized carbons (Fsp3) is 0.267. The number of nitrogens with two attached hydrogens (primary N) is 1. The van der Waals surface area contributed by atoms with Gasteiger partial charge in [-0.25, -0.2) is 4.98 Å². The van der Waals surface area contributed by atoms with E-state index < -0.39 is 11.7 Å². The number of pyridine rings is 1. The van der Waals surface area contributed by atoms with Gasteiger partial charge in [-0.2, -0.15) is 13.2 Å². The zero-order valence-electron chi connectivity index (χ0n) is 11.3. The zero-order valence-corrected chi connectivity index (χ0v) is 12.8. The highest BCUT2D eigenvalue weighted by atomic mass is 35.5. The van der Waals surface area contributed by atoms with Crippen LogP contribution in [0.3, 0.4) is 0 Å². The Morgan fingerprint density at radius 2 is 1.86 bits per heavy atom. The molecule has 0 amide bonds. The molecule has 1 aromatic carbocycles. The van der Waals surface area contributed by atoms with Crippen LogP contribution in [-0.2, 0) is 6.18 Å². The first kappa shape index (κ1) is 17.1. The predicted octanol–water partition coefficient (Wildman–Crippen LogP) is 4.66. The summed E-state index contributed by atoms with van der Waals surface area (Å²) in [4.78, 5) is 4.20. The van der Waals surface area contributed by atoms with Gasteiger partial charge in [0.25, 0.3) is 0 Å². The number of nitrogens with zero attached hydrogens (tertiary/aromatic N) is 1. The van der Waals surface area contributed by atoms with Gasteiger partial charge in [-0.1, -0.05) is 29.8 Å². The van der Waals surface area contributed by atoms with Crippen LogP contribution < -0.4 is 5.73 Å². The molecule has 1 aromatic heterocycles. The molecule has 0 saturated heterocycles. The monoisotopic (exact) mass is 348 g/mol. The van der Waals surface area contributed by atoms with Gasteiger partial charge in [-0.05, 0) is 30.2 Å². The summed E-state index contributed by atoms with van der Waals surface area (Å²) < 4.78 is 38.2. The van der Waals surface area contributed by atoms with Crippen molar-refractivity contribution in [3.8, 4) is 11.3 Å². The third kappa shape index (κ3) is 3.37. The second-order valence-electron chi connectivity index (χ2n) is 5.16. The van der Waals surface area contributed by atoms with E-state index in [-0.39, 0.29) is 24.4 Å². The first-order valence-electron chi connectivity index (χ1n) is 6.46. The summed E-state index contributed by atoms with van der Waals surface area (Å²) in [7, 11) is 0. The van der Waals surface area contributed by atoms with Crippen molar-refractivity contribution in [2.75, 3.05) is 0 Å². The molecule has 2 nitrogen and oxygen atoms in total. The molecule has 0 radical (unpaired) electrons. The van der Waals surface area contributed by atoms with Crippen LogP contribution in [0.5, 0.6) is 0 Å². The van der Waals surface area contributed by atoms with Gasteiger partial charge < -0.3 is 5.73 Å². The van der Waals surface area contributed by atoms with E-state index in [1.165, 1.54) is 6.07 Å². The van der Waals surface area contributed by atoms with Gasteiger partial charge in [0.1, 0.15) is 5.15 Å². The van der Waals surface area contributed by atoms with Crippen LogP contribution in [0.4, 0.5) is 13.2 Å². The third-order valence-electron chi connectivity index (χ3n) is 3.60. The Labute approximate surface area is 136 Å². The fourth-order valence-electron chi connectivity index (χ4n) is 2.31. The summed E-state index contributed by atoms with van der Waals surface area (Å²) in [6.07, 6.45) is -3.51. The topological polar surface area (TPSA) is 38.9 Å². The van der Waals surface area contributed by atoms with Gasteiger partial charge in [-0.15, -0.1) is 12.4 Å². The van der Waals surface area contributed by atoms with E-state index in [1.807, 2.05) is 0 Å². The number of halogens is 5. The number of hydrogen-bond donors (Lipinski definition) is 1. The van der Waals surface area contributed by atoms with Gasteiger partial charge in [0.05, 0.1) is 11.3 Å². The van der Waals surface area contributed by atoms with Crippen LogP contribution in [-0.4, -0.2) is 11.0 Å². The lowest BCUT2D eigenvalue weighted by Crippen LogP contribution is -2.05. The van der Waals surface area contributed by atoms with E-state index in [1.54, 1.807) is 18.2 Å². The highest BCUT2D eigenvalue weighted by Crippen LogP contribution is 2.42. The van der Waals surface area contributed by atoms with E-state index in [4.69, 9.17) is 17.3 Å². The Bertz CT molecular complexity index is 689. The van der Waals surface area contributed by atoms with E-state index in [2.05, 4.69) is 4.98 Å². The second-order valence-corrected chi connectivity index (χ2v) is 5.52. The number of aromatic nitrogens is 1. The maximum absolute atomic E-state index is 12.7. The van der Waals surface area contributed by atoms with E-state index in [9.17, 15) is 13.2 Å². The van der Waals surface area contributed by atoms with Gasteiger partial charge in [0, 0.05) is 17.5 Å². The van der Waals surface area contributed by atoms with Gasteiger partial charge >= 0.3 is 6.18 Å². The minimum absolute atomic E-state index is 0. The molecule has 1 heterocycles. The minimum atomic E-state index is -4.37. The lowest BCUT2D eigenvalue weighted by atomic mass is 10.1. The quantitative estimate of drug-likeness (QED) is 0.801. The molecule has 7 heteroatoms. The van der Waals surface area contributed by atoms with Gasteiger partial charge in [-0.3, -0.25) is 0 Å². The standard InChI is InChI=1S/C15H12ClF3N2.ClH/c16-14-10(11-7-12(11)20)4-5-13(21-14)8-2-1-3-9(6-8)15(17,18)19;/h1-6,11-12H,7,20H2;1H/t11-,12+;/m0./s1. The molecular weight excluding hydrogens is 336 g/mol. The molecule has 1 saturated carbocycles. The van der Waals surface area contributed by atoms with E-state index >= 15 is 0 Å². The van der Waals surface area contributed by atoms with Crippen molar-refractivity contribution in [3.63, 3.8) is 0 Å². The lowest BCUT2D eigenvalue weighted by Gasteiger charge is -2.09. The van der Waals surface area contributed by atoms with Crippen molar-refractivity contribution in [1.82, 2.24) is 4.98 Å². The molecule has 1 fully saturated rings. The largest absolute Gasteiger partial charge is 0.416 e. The molecule has 0 bridgehead atoms. The number of rotatable bonds is 2. The molecule has 2 atom stereocenters. The average molecular weight is 349 g/mol. The van der Waals surface area contributed by atoms with Crippen LogP contribution in [0.1, 0.15) is 23.5 Å². The van der Waals surface area contributed by atoms with E-state index in [0.29, 0.717) is 16.4 Å².